The molecule has 0 aliphatic carbocycles. The molecule has 0 spiro atoms. The minimum absolute atomic E-state index is 0.0817. The molecule has 1 atom stereocenters. The van der Waals surface area contributed by atoms with Crippen molar-refractivity contribution >= 4 is 5.91 Å². The van der Waals surface area contributed by atoms with Crippen LogP contribution in [0.15, 0.2) is 24.3 Å². The molecule has 1 aromatic rings. The third kappa shape index (κ3) is 5.00. The van der Waals surface area contributed by atoms with Gasteiger partial charge in [0.05, 0.1) is 13.2 Å². The van der Waals surface area contributed by atoms with Crippen LogP contribution in [0, 0.1) is 0 Å². The first-order valence-corrected chi connectivity index (χ1v) is 7.99. The van der Waals surface area contributed by atoms with E-state index in [1.807, 2.05) is 31.2 Å². The molecule has 5 heteroatoms. The highest BCUT2D eigenvalue weighted by atomic mass is 16.5. The smallest absolute Gasteiger partial charge is 0.234 e. The molecule has 0 aromatic heterocycles. The average molecular weight is 305 g/mol. The number of hydrogen-bond donors (Lipinski definition) is 1. The van der Waals surface area contributed by atoms with Gasteiger partial charge >= 0.3 is 0 Å². The second-order valence-electron chi connectivity index (χ2n) is 5.94. The summed E-state index contributed by atoms with van der Waals surface area (Å²) in [5.74, 6) is 0.931. The Morgan fingerprint density at radius 2 is 2.23 bits per heavy atom. The van der Waals surface area contributed by atoms with Gasteiger partial charge in [0.25, 0.3) is 0 Å². The lowest BCUT2D eigenvalue weighted by molar-refractivity contribution is -0.123. The Bertz CT molecular complexity index is 493. The SMILES string of the molecule is CCOc1cccc(CNC(=O)CN2CCN(C)C[C@@H]2C)c1. The van der Waals surface area contributed by atoms with Crippen LogP contribution in [0.5, 0.6) is 5.75 Å². The number of nitrogens with one attached hydrogen (secondary N) is 1. The number of hydrogen-bond acceptors (Lipinski definition) is 4. The molecule has 1 amide bonds. The van der Waals surface area contributed by atoms with E-state index in [1.165, 1.54) is 0 Å². The van der Waals surface area contributed by atoms with Crippen molar-refractivity contribution in [3.8, 4) is 5.75 Å². The fourth-order valence-electron chi connectivity index (χ4n) is 2.77. The maximum atomic E-state index is 12.1. The van der Waals surface area contributed by atoms with Crippen LogP contribution in [0.3, 0.4) is 0 Å². The van der Waals surface area contributed by atoms with Gasteiger partial charge in [-0.3, -0.25) is 9.69 Å². The van der Waals surface area contributed by atoms with Gasteiger partial charge in [-0.1, -0.05) is 12.1 Å². The predicted octanol–water partition coefficient (Wildman–Crippen LogP) is 1.34. The van der Waals surface area contributed by atoms with E-state index in [1.54, 1.807) is 0 Å². The van der Waals surface area contributed by atoms with Crippen LogP contribution in [0.25, 0.3) is 0 Å². The number of ether oxygens (including phenoxy) is 1. The second-order valence-corrected chi connectivity index (χ2v) is 5.94. The lowest BCUT2D eigenvalue weighted by Gasteiger charge is -2.37. The summed E-state index contributed by atoms with van der Waals surface area (Å²) < 4.78 is 5.47. The minimum Gasteiger partial charge on any atom is -0.494 e. The van der Waals surface area contributed by atoms with E-state index in [-0.39, 0.29) is 5.91 Å². The fraction of sp³-hybridized carbons (Fsp3) is 0.588. The monoisotopic (exact) mass is 305 g/mol. The molecule has 22 heavy (non-hydrogen) atoms. The van der Waals surface area contributed by atoms with Gasteiger partial charge < -0.3 is 15.0 Å². The molecule has 2 rings (SSSR count). The molecule has 122 valence electrons. The van der Waals surface area contributed by atoms with E-state index in [0.29, 0.717) is 25.7 Å². The van der Waals surface area contributed by atoms with Crippen molar-refractivity contribution in [2.24, 2.45) is 0 Å². The molecular weight excluding hydrogens is 278 g/mol. The van der Waals surface area contributed by atoms with E-state index >= 15 is 0 Å². The number of benzene rings is 1. The first-order valence-electron chi connectivity index (χ1n) is 7.99. The minimum atomic E-state index is 0.0817. The van der Waals surface area contributed by atoms with Gasteiger partial charge in [-0.25, -0.2) is 0 Å². The topological polar surface area (TPSA) is 44.8 Å². The van der Waals surface area contributed by atoms with E-state index in [9.17, 15) is 4.79 Å². The lowest BCUT2D eigenvalue weighted by Crippen LogP contribution is -2.53. The summed E-state index contributed by atoms with van der Waals surface area (Å²) in [6.45, 7) is 8.79. The largest absolute Gasteiger partial charge is 0.494 e. The number of carbonyl (C=O) groups is 1. The number of nitrogens with zero attached hydrogens (tertiary/aromatic N) is 2. The van der Waals surface area contributed by atoms with Crippen molar-refractivity contribution < 1.29 is 9.53 Å². The number of amides is 1. The zero-order chi connectivity index (χ0) is 15.9. The fourth-order valence-corrected chi connectivity index (χ4v) is 2.77. The molecule has 0 bridgehead atoms. The van der Waals surface area contributed by atoms with Crippen molar-refractivity contribution in [1.82, 2.24) is 15.1 Å². The van der Waals surface area contributed by atoms with E-state index in [0.717, 1.165) is 30.9 Å². The van der Waals surface area contributed by atoms with Crippen molar-refractivity contribution in [2.45, 2.75) is 26.4 Å². The van der Waals surface area contributed by atoms with Gasteiger partial charge in [0.1, 0.15) is 5.75 Å². The molecule has 0 saturated carbocycles. The Hall–Kier alpha value is -1.59. The Balaban J connectivity index is 1.79. The van der Waals surface area contributed by atoms with E-state index in [2.05, 4.69) is 29.1 Å². The predicted molar refractivity (Wildman–Crippen MR) is 88.0 cm³/mol. The van der Waals surface area contributed by atoms with Crippen molar-refractivity contribution in [3.05, 3.63) is 29.8 Å². The molecule has 0 radical (unpaired) electrons. The van der Waals surface area contributed by atoms with Crippen LogP contribution >= 0.6 is 0 Å². The molecule has 5 nitrogen and oxygen atoms in total. The summed E-state index contributed by atoms with van der Waals surface area (Å²) in [5, 5.41) is 3.00. The lowest BCUT2D eigenvalue weighted by atomic mass is 10.2. The molecule has 1 fully saturated rings. The Morgan fingerprint density at radius 3 is 2.95 bits per heavy atom. The highest BCUT2D eigenvalue weighted by Gasteiger charge is 2.22. The normalized spacial score (nSPS) is 19.9. The molecule has 1 saturated heterocycles. The van der Waals surface area contributed by atoms with Crippen LogP contribution in [0.1, 0.15) is 19.4 Å². The van der Waals surface area contributed by atoms with E-state index in [4.69, 9.17) is 4.74 Å². The quantitative estimate of drug-likeness (QED) is 0.861. The molecule has 0 unspecified atom stereocenters. The average Bonchev–Trinajstić information content (AvgIpc) is 2.49. The van der Waals surface area contributed by atoms with Gasteiger partial charge in [-0.2, -0.15) is 0 Å². The van der Waals surface area contributed by atoms with Crippen molar-refractivity contribution in [2.75, 3.05) is 39.8 Å². The molecule has 1 aromatic carbocycles. The van der Waals surface area contributed by atoms with Crippen LogP contribution in [0.4, 0.5) is 0 Å². The highest BCUT2D eigenvalue weighted by molar-refractivity contribution is 5.78. The summed E-state index contributed by atoms with van der Waals surface area (Å²) in [6, 6.07) is 8.28. The summed E-state index contributed by atoms with van der Waals surface area (Å²) in [6.07, 6.45) is 0. The Morgan fingerprint density at radius 1 is 1.41 bits per heavy atom. The zero-order valence-electron chi connectivity index (χ0n) is 13.8. The van der Waals surface area contributed by atoms with Gasteiger partial charge in [0, 0.05) is 32.2 Å². The van der Waals surface area contributed by atoms with Gasteiger partial charge in [-0.05, 0) is 38.6 Å². The number of rotatable bonds is 6. The zero-order valence-corrected chi connectivity index (χ0v) is 13.8. The molecule has 1 aliphatic heterocycles. The van der Waals surface area contributed by atoms with Crippen LogP contribution in [-0.4, -0.2) is 61.6 Å². The highest BCUT2D eigenvalue weighted by Crippen LogP contribution is 2.13. The van der Waals surface area contributed by atoms with Crippen LogP contribution in [0.2, 0.25) is 0 Å². The number of carbonyl (C=O) groups excluding carboxylic acids is 1. The number of likely N-dealkylation sites (N-methyl/N-ethyl adjacent to an activating group) is 1. The van der Waals surface area contributed by atoms with E-state index < -0.39 is 0 Å². The molecular formula is C17H27N3O2. The molecule has 1 aliphatic rings. The Kier molecular flexibility index (Phi) is 6.21. The standard InChI is InChI=1S/C17H27N3O2/c1-4-22-16-7-5-6-15(10-16)11-18-17(21)13-20-9-8-19(3)12-14(20)2/h5-7,10,14H,4,8-9,11-13H2,1-3H3,(H,18,21)/t14-/m0/s1. The summed E-state index contributed by atoms with van der Waals surface area (Å²) in [5.41, 5.74) is 1.06. The molecule has 1 heterocycles. The van der Waals surface area contributed by atoms with Gasteiger partial charge in [0.15, 0.2) is 0 Å². The van der Waals surface area contributed by atoms with Crippen LogP contribution < -0.4 is 10.1 Å². The first-order chi connectivity index (χ1) is 10.6. The maximum Gasteiger partial charge on any atom is 0.234 e. The first kappa shape index (κ1) is 16.8. The number of piperazine rings is 1. The summed E-state index contributed by atoms with van der Waals surface area (Å²) >= 11 is 0. The van der Waals surface area contributed by atoms with Gasteiger partial charge in [0.2, 0.25) is 5.91 Å². The van der Waals surface area contributed by atoms with Crippen molar-refractivity contribution in [3.63, 3.8) is 0 Å². The third-order valence-corrected chi connectivity index (χ3v) is 4.01. The maximum absolute atomic E-state index is 12.1. The second kappa shape index (κ2) is 8.15. The molecule has 1 N–H and O–H groups in total. The summed E-state index contributed by atoms with van der Waals surface area (Å²) in [7, 11) is 2.12. The van der Waals surface area contributed by atoms with Crippen molar-refractivity contribution in [1.29, 1.82) is 0 Å². The summed E-state index contributed by atoms with van der Waals surface area (Å²) in [4.78, 5) is 16.7. The third-order valence-electron chi connectivity index (χ3n) is 4.01. The Labute approximate surface area is 133 Å². The van der Waals surface area contributed by atoms with Crippen LogP contribution in [-0.2, 0) is 11.3 Å². The van der Waals surface area contributed by atoms with Gasteiger partial charge in [-0.15, -0.1) is 0 Å².